The lowest BCUT2D eigenvalue weighted by Crippen LogP contribution is -2.17. The van der Waals surface area contributed by atoms with Crippen LogP contribution in [0, 0.1) is 0 Å². The first-order valence-electron chi connectivity index (χ1n) is 8.03. The van der Waals surface area contributed by atoms with Crippen LogP contribution in [-0.4, -0.2) is 26.0 Å². The number of phenols is 1. The number of rotatable bonds is 3. The molecule has 2 heterocycles. The molecule has 2 aromatic carbocycles. The van der Waals surface area contributed by atoms with Crippen LogP contribution in [-0.2, 0) is 0 Å². The van der Waals surface area contributed by atoms with Crippen molar-refractivity contribution >= 4 is 33.4 Å². The molecular formula is C18H15BrN4O2S. The maximum Gasteiger partial charge on any atom is 0.247 e. The van der Waals surface area contributed by atoms with Crippen LogP contribution in [0.3, 0.4) is 0 Å². The molecule has 6 nitrogen and oxygen atoms in total. The number of halogens is 1. The van der Waals surface area contributed by atoms with E-state index in [2.05, 4.69) is 36.4 Å². The minimum absolute atomic E-state index is 0.206. The summed E-state index contributed by atoms with van der Waals surface area (Å²) in [6.07, 6.45) is -0.465. The van der Waals surface area contributed by atoms with E-state index in [1.165, 1.54) is 11.8 Å². The average molecular weight is 431 g/mol. The summed E-state index contributed by atoms with van der Waals surface area (Å²) >= 11 is 5.02. The highest BCUT2D eigenvalue weighted by atomic mass is 79.9. The standard InChI is InChI=1S/C18H15BrN4O2S/c1-2-26-18-21-17-15(22-23-18)13-9-11(19)5-8-14(13)20-16(25-17)10-3-6-12(24)7-4-10/h3-9,16,20,24H,2H2,1H3/t16-/m0/s1. The molecule has 1 aliphatic rings. The summed E-state index contributed by atoms with van der Waals surface area (Å²) in [5, 5.41) is 22.1. The lowest BCUT2D eigenvalue weighted by molar-refractivity contribution is 0.225. The number of hydrogen-bond acceptors (Lipinski definition) is 7. The molecule has 0 fully saturated rings. The van der Waals surface area contributed by atoms with Gasteiger partial charge in [0.15, 0.2) is 11.9 Å². The molecule has 1 atom stereocenters. The highest BCUT2D eigenvalue weighted by molar-refractivity contribution is 9.10. The summed E-state index contributed by atoms with van der Waals surface area (Å²) in [7, 11) is 0. The largest absolute Gasteiger partial charge is 0.508 e. The third kappa shape index (κ3) is 3.34. The number of nitrogens with one attached hydrogen (secondary N) is 1. The monoisotopic (exact) mass is 430 g/mol. The first-order valence-corrected chi connectivity index (χ1v) is 9.81. The van der Waals surface area contributed by atoms with Crippen LogP contribution in [0.15, 0.2) is 52.1 Å². The Kier molecular flexibility index (Phi) is 4.69. The summed E-state index contributed by atoms with van der Waals surface area (Å²) < 4.78 is 7.09. The number of anilines is 1. The van der Waals surface area contributed by atoms with Crippen molar-refractivity contribution in [3.63, 3.8) is 0 Å². The lowest BCUT2D eigenvalue weighted by Gasteiger charge is -2.19. The number of hydrogen-bond donors (Lipinski definition) is 2. The molecule has 0 saturated carbocycles. The molecular weight excluding hydrogens is 416 g/mol. The van der Waals surface area contributed by atoms with Gasteiger partial charge in [0.05, 0.1) is 0 Å². The van der Waals surface area contributed by atoms with Gasteiger partial charge in [0.25, 0.3) is 0 Å². The number of aromatic hydroxyl groups is 1. The first kappa shape index (κ1) is 17.1. The zero-order valence-electron chi connectivity index (χ0n) is 13.8. The van der Waals surface area contributed by atoms with E-state index in [0.717, 1.165) is 27.0 Å². The predicted molar refractivity (Wildman–Crippen MR) is 104 cm³/mol. The molecule has 4 rings (SSSR count). The second-order valence-electron chi connectivity index (χ2n) is 5.60. The van der Waals surface area contributed by atoms with Gasteiger partial charge < -0.3 is 15.2 Å². The fourth-order valence-electron chi connectivity index (χ4n) is 2.66. The summed E-state index contributed by atoms with van der Waals surface area (Å²) in [6.45, 7) is 2.04. The molecule has 0 spiro atoms. The van der Waals surface area contributed by atoms with E-state index in [-0.39, 0.29) is 5.75 Å². The third-order valence-electron chi connectivity index (χ3n) is 3.86. The molecule has 8 heteroatoms. The van der Waals surface area contributed by atoms with Crippen LogP contribution in [0.25, 0.3) is 11.3 Å². The van der Waals surface area contributed by atoms with Crippen molar-refractivity contribution in [3.05, 3.63) is 52.5 Å². The molecule has 0 bridgehead atoms. The highest BCUT2D eigenvalue weighted by Gasteiger charge is 2.26. The molecule has 26 heavy (non-hydrogen) atoms. The summed E-state index contributed by atoms with van der Waals surface area (Å²) in [6, 6.07) is 12.8. The van der Waals surface area contributed by atoms with Gasteiger partial charge >= 0.3 is 0 Å². The van der Waals surface area contributed by atoms with E-state index in [1.807, 2.05) is 37.3 Å². The van der Waals surface area contributed by atoms with Gasteiger partial charge in [0.1, 0.15) is 5.75 Å². The smallest absolute Gasteiger partial charge is 0.247 e. The molecule has 0 aliphatic carbocycles. The third-order valence-corrected chi connectivity index (χ3v) is 5.07. The second kappa shape index (κ2) is 7.13. The Hall–Kier alpha value is -2.32. The quantitative estimate of drug-likeness (QED) is 0.586. The zero-order chi connectivity index (χ0) is 18.1. The van der Waals surface area contributed by atoms with E-state index in [9.17, 15) is 5.11 Å². The fraction of sp³-hybridized carbons (Fsp3) is 0.167. The van der Waals surface area contributed by atoms with Crippen molar-refractivity contribution in [3.8, 4) is 22.9 Å². The number of nitrogens with zero attached hydrogens (tertiary/aromatic N) is 3. The van der Waals surface area contributed by atoms with E-state index in [1.54, 1.807) is 12.1 Å². The van der Waals surface area contributed by atoms with Crippen molar-refractivity contribution in [2.24, 2.45) is 0 Å². The van der Waals surface area contributed by atoms with Gasteiger partial charge in [0.2, 0.25) is 11.0 Å². The maximum absolute atomic E-state index is 9.55. The summed E-state index contributed by atoms with van der Waals surface area (Å²) in [4.78, 5) is 4.55. The second-order valence-corrected chi connectivity index (χ2v) is 7.75. The summed E-state index contributed by atoms with van der Waals surface area (Å²) in [5.74, 6) is 1.48. The molecule has 132 valence electrons. The van der Waals surface area contributed by atoms with Gasteiger partial charge in [-0.3, -0.25) is 0 Å². The molecule has 0 unspecified atom stereocenters. The Morgan fingerprint density at radius 2 is 2.00 bits per heavy atom. The Labute approximate surface area is 163 Å². The Bertz CT molecular complexity index is 952. The van der Waals surface area contributed by atoms with Crippen LogP contribution < -0.4 is 10.1 Å². The number of thioether (sulfide) groups is 1. The molecule has 0 radical (unpaired) electrons. The van der Waals surface area contributed by atoms with E-state index in [0.29, 0.717) is 16.7 Å². The van der Waals surface area contributed by atoms with Gasteiger partial charge in [-0.25, -0.2) is 0 Å². The lowest BCUT2D eigenvalue weighted by atomic mass is 10.1. The van der Waals surface area contributed by atoms with Crippen molar-refractivity contribution in [2.75, 3.05) is 11.1 Å². The first-order chi connectivity index (χ1) is 12.6. The molecule has 0 amide bonds. The Balaban J connectivity index is 1.84. The Morgan fingerprint density at radius 3 is 2.77 bits per heavy atom. The number of fused-ring (bicyclic) bond motifs is 3. The number of aromatic nitrogens is 3. The number of phenolic OH excluding ortho intramolecular Hbond substituents is 1. The molecule has 1 aromatic heterocycles. The van der Waals surface area contributed by atoms with Crippen LogP contribution in [0.5, 0.6) is 11.6 Å². The van der Waals surface area contributed by atoms with Crippen LogP contribution in [0.2, 0.25) is 0 Å². The van der Waals surface area contributed by atoms with Gasteiger partial charge in [0, 0.05) is 21.3 Å². The molecule has 2 N–H and O–H groups in total. The average Bonchev–Trinajstić information content (AvgIpc) is 2.79. The van der Waals surface area contributed by atoms with Gasteiger partial charge in [-0.15, -0.1) is 10.2 Å². The minimum atomic E-state index is -0.465. The predicted octanol–water partition coefficient (Wildman–Crippen LogP) is 4.62. The van der Waals surface area contributed by atoms with Gasteiger partial charge in [-0.2, -0.15) is 4.98 Å². The van der Waals surface area contributed by atoms with Crippen molar-refractivity contribution < 1.29 is 9.84 Å². The van der Waals surface area contributed by atoms with E-state index >= 15 is 0 Å². The molecule has 3 aromatic rings. The van der Waals surface area contributed by atoms with Crippen molar-refractivity contribution in [2.45, 2.75) is 18.3 Å². The fourth-order valence-corrected chi connectivity index (χ4v) is 3.53. The van der Waals surface area contributed by atoms with Gasteiger partial charge in [-0.1, -0.05) is 34.6 Å². The number of benzene rings is 2. The summed E-state index contributed by atoms with van der Waals surface area (Å²) in [5.41, 5.74) is 3.20. The maximum atomic E-state index is 9.55. The minimum Gasteiger partial charge on any atom is -0.508 e. The molecule has 0 saturated heterocycles. The SMILES string of the molecule is CCSc1nnc2c(n1)O[C@@H](c1ccc(O)cc1)Nc1ccc(Br)cc1-2. The molecule has 1 aliphatic heterocycles. The van der Waals surface area contributed by atoms with Crippen molar-refractivity contribution in [1.29, 1.82) is 0 Å². The zero-order valence-corrected chi connectivity index (χ0v) is 16.2. The van der Waals surface area contributed by atoms with E-state index < -0.39 is 6.23 Å². The van der Waals surface area contributed by atoms with Crippen LogP contribution >= 0.6 is 27.7 Å². The van der Waals surface area contributed by atoms with Crippen LogP contribution in [0.4, 0.5) is 5.69 Å². The Morgan fingerprint density at radius 1 is 1.19 bits per heavy atom. The van der Waals surface area contributed by atoms with Crippen molar-refractivity contribution in [1.82, 2.24) is 15.2 Å². The topological polar surface area (TPSA) is 80.2 Å². The number of ether oxygens (including phenoxy) is 1. The normalized spacial score (nSPS) is 15.2. The van der Waals surface area contributed by atoms with E-state index in [4.69, 9.17) is 4.74 Å². The van der Waals surface area contributed by atoms with Gasteiger partial charge in [-0.05, 0) is 48.2 Å². The van der Waals surface area contributed by atoms with Crippen LogP contribution in [0.1, 0.15) is 18.7 Å². The highest BCUT2D eigenvalue weighted by Crippen LogP contribution is 2.40.